The van der Waals surface area contributed by atoms with Crippen LogP contribution >= 0.6 is 11.6 Å². The highest BCUT2D eigenvalue weighted by Crippen LogP contribution is 2.30. The Morgan fingerprint density at radius 2 is 2.24 bits per heavy atom. The SMILES string of the molecule is Nc1n[nH]c(C(=O)O)c1-c1ccc(F)c(Cl)c1. The molecule has 1 aromatic heterocycles. The normalized spacial score (nSPS) is 10.5. The monoisotopic (exact) mass is 255 g/mol. The van der Waals surface area contributed by atoms with Crippen LogP contribution in [0.1, 0.15) is 10.5 Å². The maximum absolute atomic E-state index is 13.0. The average molecular weight is 256 g/mol. The number of nitrogens with zero attached hydrogens (tertiary/aromatic N) is 1. The second-order valence-electron chi connectivity index (χ2n) is 3.29. The third-order valence-corrected chi connectivity index (χ3v) is 2.51. The highest BCUT2D eigenvalue weighted by atomic mass is 35.5. The molecule has 88 valence electrons. The topological polar surface area (TPSA) is 92.0 Å². The zero-order valence-corrected chi connectivity index (χ0v) is 9.12. The van der Waals surface area contributed by atoms with Gasteiger partial charge in [0.1, 0.15) is 5.82 Å². The quantitative estimate of drug-likeness (QED) is 0.767. The van der Waals surface area contributed by atoms with Crippen LogP contribution in [0.15, 0.2) is 18.2 Å². The molecule has 7 heteroatoms. The van der Waals surface area contributed by atoms with Gasteiger partial charge in [0, 0.05) is 0 Å². The molecule has 0 aliphatic carbocycles. The number of benzene rings is 1. The van der Waals surface area contributed by atoms with Crippen LogP contribution in [-0.4, -0.2) is 21.3 Å². The molecule has 0 bridgehead atoms. The van der Waals surface area contributed by atoms with E-state index < -0.39 is 11.8 Å². The fraction of sp³-hybridized carbons (Fsp3) is 0. The van der Waals surface area contributed by atoms with Crippen LogP contribution in [0.4, 0.5) is 10.2 Å². The second kappa shape index (κ2) is 4.06. The average Bonchev–Trinajstić information content (AvgIpc) is 2.64. The van der Waals surface area contributed by atoms with E-state index in [-0.39, 0.29) is 22.1 Å². The van der Waals surface area contributed by atoms with Gasteiger partial charge in [0.25, 0.3) is 0 Å². The number of nitrogen functional groups attached to an aromatic ring is 1. The van der Waals surface area contributed by atoms with Crippen LogP contribution in [0.5, 0.6) is 0 Å². The number of nitrogens with two attached hydrogens (primary N) is 1. The van der Waals surface area contributed by atoms with E-state index in [1.54, 1.807) is 0 Å². The predicted octanol–water partition coefficient (Wildman–Crippen LogP) is 2.15. The number of hydrogen-bond acceptors (Lipinski definition) is 3. The number of halogens is 2. The van der Waals surface area contributed by atoms with Gasteiger partial charge >= 0.3 is 5.97 Å². The standard InChI is InChI=1S/C10H7ClFN3O2/c11-5-3-4(1-2-6(5)12)7-8(10(16)17)14-15-9(7)13/h1-3H,(H,16,17)(H3,13,14,15). The van der Waals surface area contributed by atoms with Gasteiger partial charge in [-0.15, -0.1) is 0 Å². The third kappa shape index (κ3) is 1.94. The number of aromatic nitrogens is 2. The van der Waals surface area contributed by atoms with E-state index in [2.05, 4.69) is 10.2 Å². The number of anilines is 1. The summed E-state index contributed by atoms with van der Waals surface area (Å²) in [4.78, 5) is 10.9. The zero-order chi connectivity index (χ0) is 12.6. The van der Waals surface area contributed by atoms with E-state index >= 15 is 0 Å². The lowest BCUT2D eigenvalue weighted by atomic mass is 10.1. The van der Waals surface area contributed by atoms with Gasteiger partial charge in [-0.1, -0.05) is 17.7 Å². The summed E-state index contributed by atoms with van der Waals surface area (Å²) in [5.74, 6) is -1.77. The van der Waals surface area contributed by atoms with Crippen LogP contribution < -0.4 is 5.73 Å². The molecular weight excluding hydrogens is 249 g/mol. The molecule has 4 N–H and O–H groups in total. The van der Waals surface area contributed by atoms with Gasteiger partial charge in [0.05, 0.1) is 10.6 Å². The first-order valence-electron chi connectivity index (χ1n) is 4.53. The Balaban J connectivity index is 2.63. The van der Waals surface area contributed by atoms with Crippen LogP contribution in [0.3, 0.4) is 0 Å². The van der Waals surface area contributed by atoms with E-state index in [1.165, 1.54) is 12.1 Å². The van der Waals surface area contributed by atoms with Gasteiger partial charge in [-0.3, -0.25) is 5.10 Å². The lowest BCUT2D eigenvalue weighted by Crippen LogP contribution is -1.99. The van der Waals surface area contributed by atoms with Gasteiger partial charge in [0.15, 0.2) is 11.5 Å². The Morgan fingerprint density at radius 1 is 1.53 bits per heavy atom. The Hall–Kier alpha value is -2.08. The number of carboxylic acids is 1. The van der Waals surface area contributed by atoms with Crippen molar-refractivity contribution >= 4 is 23.4 Å². The van der Waals surface area contributed by atoms with Crippen molar-refractivity contribution in [1.29, 1.82) is 0 Å². The number of nitrogens with one attached hydrogen (secondary N) is 1. The van der Waals surface area contributed by atoms with Crippen molar-refractivity contribution in [2.75, 3.05) is 5.73 Å². The van der Waals surface area contributed by atoms with Crippen molar-refractivity contribution in [1.82, 2.24) is 10.2 Å². The Morgan fingerprint density at radius 3 is 2.82 bits per heavy atom. The first kappa shape index (κ1) is 11.4. The summed E-state index contributed by atoms with van der Waals surface area (Å²) in [6.45, 7) is 0. The maximum Gasteiger partial charge on any atom is 0.354 e. The molecule has 0 fully saturated rings. The Labute approximate surface area is 100 Å². The third-order valence-electron chi connectivity index (χ3n) is 2.22. The predicted molar refractivity (Wildman–Crippen MR) is 60.4 cm³/mol. The van der Waals surface area contributed by atoms with Gasteiger partial charge in [-0.25, -0.2) is 9.18 Å². The highest BCUT2D eigenvalue weighted by molar-refractivity contribution is 6.31. The lowest BCUT2D eigenvalue weighted by Gasteiger charge is -2.02. The molecule has 0 aliphatic heterocycles. The fourth-order valence-electron chi connectivity index (χ4n) is 1.45. The molecule has 0 spiro atoms. The van der Waals surface area contributed by atoms with Crippen LogP contribution in [-0.2, 0) is 0 Å². The van der Waals surface area contributed by atoms with Gasteiger partial charge in [-0.2, -0.15) is 5.10 Å². The summed E-state index contributed by atoms with van der Waals surface area (Å²) in [7, 11) is 0. The number of carboxylic acid groups (broad SMARTS) is 1. The molecule has 2 rings (SSSR count). The molecule has 0 atom stereocenters. The molecule has 0 saturated carbocycles. The van der Waals surface area contributed by atoms with Crippen LogP contribution in [0.25, 0.3) is 11.1 Å². The summed E-state index contributed by atoms with van der Waals surface area (Å²) in [6, 6.07) is 3.81. The molecule has 17 heavy (non-hydrogen) atoms. The minimum absolute atomic E-state index is 0.0186. The molecule has 0 unspecified atom stereocenters. The first-order chi connectivity index (χ1) is 8.00. The minimum atomic E-state index is -1.20. The van der Waals surface area contributed by atoms with Gasteiger partial charge in [0.2, 0.25) is 0 Å². The molecule has 0 amide bonds. The summed E-state index contributed by atoms with van der Waals surface area (Å²) >= 11 is 5.62. The molecule has 1 heterocycles. The van der Waals surface area contributed by atoms with Crippen LogP contribution in [0.2, 0.25) is 5.02 Å². The summed E-state index contributed by atoms with van der Waals surface area (Å²) < 4.78 is 13.0. The zero-order valence-electron chi connectivity index (χ0n) is 8.37. The molecule has 2 aromatic rings. The van der Waals surface area contributed by atoms with Crippen LogP contribution in [0, 0.1) is 5.82 Å². The van der Waals surface area contributed by atoms with E-state index in [9.17, 15) is 9.18 Å². The number of hydrogen-bond donors (Lipinski definition) is 3. The van der Waals surface area contributed by atoms with Crippen molar-refractivity contribution in [3.63, 3.8) is 0 Å². The van der Waals surface area contributed by atoms with E-state index in [0.717, 1.165) is 6.07 Å². The van der Waals surface area contributed by atoms with Gasteiger partial charge < -0.3 is 10.8 Å². The van der Waals surface area contributed by atoms with Gasteiger partial charge in [-0.05, 0) is 17.7 Å². The number of aromatic amines is 1. The van der Waals surface area contributed by atoms with Crippen molar-refractivity contribution in [2.45, 2.75) is 0 Å². The lowest BCUT2D eigenvalue weighted by molar-refractivity contribution is 0.0691. The number of H-pyrrole nitrogens is 1. The summed E-state index contributed by atoms with van der Waals surface area (Å²) in [6.07, 6.45) is 0. The van der Waals surface area contributed by atoms with E-state index in [4.69, 9.17) is 22.4 Å². The Kier molecular flexibility index (Phi) is 2.72. The minimum Gasteiger partial charge on any atom is -0.477 e. The van der Waals surface area contributed by atoms with Crippen molar-refractivity contribution in [2.24, 2.45) is 0 Å². The smallest absolute Gasteiger partial charge is 0.354 e. The number of carbonyl (C=O) groups is 1. The second-order valence-corrected chi connectivity index (χ2v) is 3.70. The number of aromatic carboxylic acids is 1. The summed E-state index contributed by atoms with van der Waals surface area (Å²) in [5.41, 5.74) is 5.98. The molecule has 5 nitrogen and oxygen atoms in total. The Bertz CT molecular complexity index is 597. The summed E-state index contributed by atoms with van der Waals surface area (Å²) in [5, 5.41) is 14.7. The maximum atomic E-state index is 13.0. The molecule has 0 saturated heterocycles. The van der Waals surface area contributed by atoms with E-state index in [1.807, 2.05) is 0 Å². The molecular formula is C10H7ClFN3O2. The van der Waals surface area contributed by atoms with Crippen molar-refractivity contribution in [3.05, 3.63) is 34.7 Å². The van der Waals surface area contributed by atoms with Crippen molar-refractivity contribution in [3.8, 4) is 11.1 Å². The molecule has 0 radical (unpaired) electrons. The first-order valence-corrected chi connectivity index (χ1v) is 4.91. The fourth-order valence-corrected chi connectivity index (χ4v) is 1.64. The highest BCUT2D eigenvalue weighted by Gasteiger charge is 2.19. The molecule has 0 aliphatic rings. The van der Waals surface area contributed by atoms with E-state index in [0.29, 0.717) is 5.56 Å². The van der Waals surface area contributed by atoms with Crippen molar-refractivity contribution < 1.29 is 14.3 Å². The largest absolute Gasteiger partial charge is 0.477 e. The molecule has 1 aromatic carbocycles. The number of rotatable bonds is 2.